The summed E-state index contributed by atoms with van der Waals surface area (Å²) in [5, 5.41) is 9.79. The van der Waals surface area contributed by atoms with Crippen molar-refractivity contribution >= 4 is 52.5 Å². The van der Waals surface area contributed by atoms with Gasteiger partial charge in [0.05, 0.1) is 0 Å². The molecule has 1 aromatic carbocycles. The second-order valence-corrected chi connectivity index (χ2v) is 13.9. The van der Waals surface area contributed by atoms with Gasteiger partial charge in [0.15, 0.2) is 0 Å². The van der Waals surface area contributed by atoms with Crippen LogP contribution >= 0.6 is 11.6 Å². The average molecular weight is 766 g/mol. The summed E-state index contributed by atoms with van der Waals surface area (Å²) in [5.74, 6) is 1.07. The Morgan fingerprint density at radius 2 is 2.04 bits per heavy atom. The van der Waals surface area contributed by atoms with Crippen molar-refractivity contribution in [3.8, 4) is 5.75 Å². The molecule has 2 aliphatic heterocycles. The number of carbonyl (C=O) groups excluding carboxylic acids is 3. The van der Waals surface area contributed by atoms with E-state index < -0.39 is 21.2 Å². The molecule has 0 spiro atoms. The number of anilines is 2. The number of methoxy groups -OCH3 is 1. The van der Waals surface area contributed by atoms with Gasteiger partial charge in [-0.1, -0.05) is 6.58 Å². The molecule has 1 aromatic heterocycles. The van der Waals surface area contributed by atoms with Crippen LogP contribution in [0.1, 0.15) is 49.4 Å². The topological polar surface area (TPSA) is 135 Å². The summed E-state index contributed by atoms with van der Waals surface area (Å²) in [6, 6.07) is 1.41. The second-order valence-electron chi connectivity index (χ2n) is 11.4. The number of benzene rings is 1. The first-order chi connectivity index (χ1) is 22.1. The predicted molar refractivity (Wildman–Crippen MR) is 176 cm³/mol. The third-order valence-corrected chi connectivity index (χ3v) is 11.0. The number of nitrogens with one attached hydrogen (secondary N) is 3. The summed E-state index contributed by atoms with van der Waals surface area (Å²) in [6.07, 6.45) is 7.62. The van der Waals surface area contributed by atoms with Crippen molar-refractivity contribution in [2.75, 3.05) is 56.0 Å². The number of ketones is 1. The van der Waals surface area contributed by atoms with Crippen LogP contribution in [-0.2, 0) is 19.1 Å². The quantitative estimate of drug-likeness (QED) is 0.147. The minimum absolute atomic E-state index is 0.0251. The number of carbonyl (C=O) groups is 3. The van der Waals surface area contributed by atoms with E-state index in [2.05, 4.69) is 37.4 Å². The number of hydrogen-bond donors (Lipinski definition) is 3. The molecule has 3 heterocycles. The standard InChI is InChI=1S/C33H43ClIN6O5/c1-7-29(44)39-25-17-46-18-26(25)40-33-37-15-22(19(2)38-33)13-23(27(43)10-8-9-21-11-12-41(16-21)20(3)42)30-31(34)28(45-6)14-24(36-5)32(30)35-4/h7,13-15,21,25-26,36H,1,8-12,16-18H2,2-6H3,(H,39,44)(H,37,38,40)/q-1/b23-13+/t21-,25+,26-/m1/s1. The van der Waals surface area contributed by atoms with Gasteiger partial charge >= 0.3 is 264 Å². The number of halogens is 2. The van der Waals surface area contributed by atoms with Crippen LogP contribution in [-0.4, -0.2) is 89.9 Å². The van der Waals surface area contributed by atoms with Crippen molar-refractivity contribution in [2.24, 2.45) is 5.92 Å². The van der Waals surface area contributed by atoms with E-state index >= 15 is 0 Å². The first kappa shape index (κ1) is 35.6. The Balaban J connectivity index is 1.65. The third-order valence-electron chi connectivity index (χ3n) is 8.39. The Hall–Kier alpha value is -3.23. The van der Waals surface area contributed by atoms with Crippen LogP contribution in [0.15, 0.2) is 24.9 Å². The van der Waals surface area contributed by atoms with Crippen LogP contribution in [0.4, 0.5) is 11.6 Å². The van der Waals surface area contributed by atoms with Crippen LogP contribution in [0.25, 0.3) is 11.6 Å². The number of ether oxygens (including phenoxy) is 2. The van der Waals surface area contributed by atoms with Gasteiger partial charge in [0, 0.05) is 0 Å². The molecule has 0 radical (unpaired) electrons. The molecular weight excluding hydrogens is 723 g/mol. The summed E-state index contributed by atoms with van der Waals surface area (Å²) in [6.45, 7) is 9.26. The number of nitrogens with zero attached hydrogens (tertiary/aromatic N) is 3. The molecule has 46 heavy (non-hydrogen) atoms. The second kappa shape index (κ2) is 16.6. The van der Waals surface area contributed by atoms with E-state index in [1.165, 1.54) is 6.08 Å². The summed E-state index contributed by atoms with van der Waals surface area (Å²) >= 11 is 6.48. The van der Waals surface area contributed by atoms with Gasteiger partial charge in [-0.15, -0.1) is 0 Å². The molecule has 0 unspecified atom stereocenters. The fraction of sp³-hybridized carbons (Fsp3) is 0.485. The third kappa shape index (κ3) is 8.56. The summed E-state index contributed by atoms with van der Waals surface area (Å²) in [5.41, 5.74) is 3.41. The molecule has 2 saturated heterocycles. The van der Waals surface area contributed by atoms with E-state index in [9.17, 15) is 14.4 Å². The van der Waals surface area contributed by atoms with Gasteiger partial charge in [-0.2, -0.15) is 0 Å². The van der Waals surface area contributed by atoms with E-state index in [1.807, 2.05) is 31.0 Å². The van der Waals surface area contributed by atoms with Gasteiger partial charge in [0.2, 0.25) is 5.91 Å². The van der Waals surface area contributed by atoms with Gasteiger partial charge in [-0.25, -0.2) is 0 Å². The number of Topliss-reactive ketones (excluding diaryl/α,β-unsaturated/α-hetero) is 1. The number of alkyl halides is 1. The Labute approximate surface area is 286 Å². The SMILES string of the molecule is C=CC(=O)N[C@H]1COC[C@H]1Nc1ncc(/C=C(\C(=O)CCC[C@@H]2CCN(C(C)=O)C2)c2c(Cl)c(OC)cc(NC)c2[I-]C)c(C)n1. The molecule has 11 nitrogen and oxygen atoms in total. The predicted octanol–water partition coefficient (Wildman–Crippen LogP) is 1.01. The molecule has 2 amide bonds. The van der Waals surface area contributed by atoms with Gasteiger partial charge in [-0.05, 0) is 6.08 Å². The molecule has 0 saturated carbocycles. The Morgan fingerprint density at radius 3 is 2.67 bits per heavy atom. The van der Waals surface area contributed by atoms with Crippen LogP contribution in [0.5, 0.6) is 5.75 Å². The normalized spacial score (nSPS) is 19.7. The van der Waals surface area contributed by atoms with E-state index in [4.69, 9.17) is 21.1 Å². The summed E-state index contributed by atoms with van der Waals surface area (Å²) < 4.78 is 12.2. The monoisotopic (exact) mass is 765 g/mol. The van der Waals surface area contributed by atoms with Crippen molar-refractivity contribution < 1.29 is 45.1 Å². The zero-order valence-corrected chi connectivity index (χ0v) is 30.0. The number of amides is 2. The number of allylic oxidation sites excluding steroid dienone is 1. The van der Waals surface area contributed by atoms with Gasteiger partial charge in [0.25, 0.3) is 0 Å². The minimum atomic E-state index is -0.500. The molecule has 0 aliphatic carbocycles. The van der Waals surface area contributed by atoms with Crippen LogP contribution in [0, 0.1) is 16.4 Å². The molecule has 3 N–H and O–H groups in total. The molecule has 3 atom stereocenters. The van der Waals surface area contributed by atoms with Gasteiger partial charge in [0.1, 0.15) is 0 Å². The van der Waals surface area contributed by atoms with Gasteiger partial charge < -0.3 is 0 Å². The molecule has 2 aromatic rings. The van der Waals surface area contributed by atoms with Crippen molar-refractivity contribution in [1.29, 1.82) is 0 Å². The number of aromatic nitrogens is 2. The first-order valence-corrected chi connectivity index (χ1v) is 18.9. The van der Waals surface area contributed by atoms with Crippen molar-refractivity contribution in [2.45, 2.75) is 51.6 Å². The molecule has 4 rings (SSSR count). The average Bonchev–Trinajstić information content (AvgIpc) is 3.70. The summed E-state index contributed by atoms with van der Waals surface area (Å²) in [7, 11) is 3.41. The van der Waals surface area contributed by atoms with Crippen molar-refractivity contribution in [3.63, 3.8) is 0 Å². The molecule has 13 heteroatoms. The molecule has 2 aliphatic rings. The Kier molecular flexibility index (Phi) is 12.8. The van der Waals surface area contributed by atoms with E-state index in [-0.39, 0.29) is 29.7 Å². The van der Waals surface area contributed by atoms with E-state index in [0.717, 1.165) is 35.2 Å². The molecule has 250 valence electrons. The van der Waals surface area contributed by atoms with Crippen LogP contribution in [0.3, 0.4) is 0 Å². The summed E-state index contributed by atoms with van der Waals surface area (Å²) in [4.78, 5) is 51.0. The van der Waals surface area contributed by atoms with E-state index in [0.29, 0.717) is 71.1 Å². The van der Waals surface area contributed by atoms with Crippen LogP contribution < -0.4 is 41.9 Å². The number of hydrogen-bond acceptors (Lipinski definition) is 9. The van der Waals surface area contributed by atoms with Crippen molar-refractivity contribution in [3.05, 3.63) is 50.3 Å². The molecule has 0 bridgehead atoms. The Morgan fingerprint density at radius 1 is 1.28 bits per heavy atom. The number of rotatable bonds is 14. The fourth-order valence-corrected chi connectivity index (χ4v) is 8.39. The van der Waals surface area contributed by atoms with Gasteiger partial charge in [-0.3, -0.25) is 4.79 Å². The molecule has 2 fully saturated rings. The fourth-order valence-electron chi connectivity index (χ4n) is 5.80. The maximum atomic E-state index is 14.1. The van der Waals surface area contributed by atoms with E-state index in [1.54, 1.807) is 20.2 Å². The Bertz CT molecular complexity index is 1500. The maximum absolute atomic E-state index is 14.1. The number of aryl methyl sites for hydroxylation is 1. The molecular formula is C33H43ClIN6O5-. The van der Waals surface area contributed by atoms with Crippen LogP contribution in [0.2, 0.25) is 5.02 Å². The zero-order chi connectivity index (χ0) is 33.4. The zero-order valence-electron chi connectivity index (χ0n) is 27.0. The first-order valence-electron chi connectivity index (χ1n) is 15.3. The number of likely N-dealkylation sites (tertiary alicyclic amines) is 1. The van der Waals surface area contributed by atoms with Crippen molar-refractivity contribution in [1.82, 2.24) is 20.2 Å².